The van der Waals surface area contributed by atoms with Gasteiger partial charge in [-0.25, -0.2) is 0 Å². The standard InChI is InChI=1S/C29H21ClN2O2/c30-23-16-14-20(15-17-23)25-19-24-13-7-8-18-32(24)27(25)28(33)29(34)31-26(21-9-3-1-4-10-21)22-11-5-2-6-12-22/h1-19,26H,(H,31,34). The van der Waals surface area contributed by atoms with Gasteiger partial charge in [0.05, 0.1) is 6.04 Å². The summed E-state index contributed by atoms with van der Waals surface area (Å²) in [6.07, 6.45) is 1.79. The molecule has 0 aliphatic rings. The fourth-order valence-corrected chi connectivity index (χ4v) is 4.29. The largest absolute Gasteiger partial charge is 0.338 e. The summed E-state index contributed by atoms with van der Waals surface area (Å²) in [7, 11) is 0. The van der Waals surface area contributed by atoms with Crippen LogP contribution in [0.3, 0.4) is 0 Å². The SMILES string of the molecule is O=C(NC(c1ccccc1)c1ccccc1)C(=O)c1c(-c2ccc(Cl)cc2)cc2ccccn12. The number of nitrogens with zero attached hydrogens (tertiary/aromatic N) is 1. The first-order chi connectivity index (χ1) is 16.6. The maximum Gasteiger partial charge on any atom is 0.294 e. The normalized spacial score (nSPS) is 11.0. The molecule has 1 N–H and O–H groups in total. The van der Waals surface area contributed by atoms with Crippen LogP contribution in [0, 0.1) is 0 Å². The number of ketones is 1. The van der Waals surface area contributed by atoms with E-state index in [0.717, 1.165) is 22.2 Å². The summed E-state index contributed by atoms with van der Waals surface area (Å²) in [5.41, 5.74) is 4.42. The van der Waals surface area contributed by atoms with E-state index in [-0.39, 0.29) is 0 Å². The highest BCUT2D eigenvalue weighted by molar-refractivity contribution is 6.43. The molecule has 0 saturated carbocycles. The molecule has 2 aromatic heterocycles. The third-order valence-corrected chi connectivity index (χ3v) is 6.05. The van der Waals surface area contributed by atoms with Crippen molar-refractivity contribution in [3.8, 4) is 11.1 Å². The molecule has 0 atom stereocenters. The number of nitrogens with one attached hydrogen (secondary N) is 1. The van der Waals surface area contributed by atoms with Gasteiger partial charge < -0.3 is 9.72 Å². The second-order valence-corrected chi connectivity index (χ2v) is 8.40. The molecule has 5 aromatic rings. The van der Waals surface area contributed by atoms with Gasteiger partial charge in [0, 0.05) is 22.3 Å². The molecular weight excluding hydrogens is 444 g/mol. The van der Waals surface area contributed by atoms with Gasteiger partial charge in [-0.1, -0.05) is 90.5 Å². The van der Waals surface area contributed by atoms with E-state index in [0.29, 0.717) is 16.3 Å². The molecule has 5 rings (SSSR count). The lowest BCUT2D eigenvalue weighted by atomic mass is 9.98. The number of Topliss-reactive ketones (excluding diaryl/α,β-unsaturated/α-hetero) is 1. The Labute approximate surface area is 202 Å². The zero-order valence-electron chi connectivity index (χ0n) is 18.2. The van der Waals surface area contributed by atoms with Crippen LogP contribution in [0.4, 0.5) is 0 Å². The fraction of sp³-hybridized carbons (Fsp3) is 0.0345. The molecule has 3 aromatic carbocycles. The number of hydrogen-bond acceptors (Lipinski definition) is 2. The van der Waals surface area contributed by atoms with Gasteiger partial charge in [0.15, 0.2) is 0 Å². The third-order valence-electron chi connectivity index (χ3n) is 5.80. The molecule has 0 saturated heterocycles. The first-order valence-electron chi connectivity index (χ1n) is 10.9. The molecule has 0 bridgehead atoms. The molecule has 34 heavy (non-hydrogen) atoms. The molecule has 0 radical (unpaired) electrons. The van der Waals surface area contributed by atoms with E-state index in [2.05, 4.69) is 5.32 Å². The number of amides is 1. The lowest BCUT2D eigenvalue weighted by Crippen LogP contribution is -2.35. The Bertz CT molecular complexity index is 1420. The molecule has 0 unspecified atom stereocenters. The third kappa shape index (κ3) is 4.24. The Kier molecular flexibility index (Phi) is 5.98. The van der Waals surface area contributed by atoms with Crippen molar-refractivity contribution in [2.45, 2.75) is 6.04 Å². The Morgan fingerprint density at radius 3 is 1.94 bits per heavy atom. The quantitative estimate of drug-likeness (QED) is 0.235. The molecule has 2 heterocycles. The van der Waals surface area contributed by atoms with Crippen molar-refractivity contribution in [2.75, 3.05) is 0 Å². The lowest BCUT2D eigenvalue weighted by molar-refractivity contribution is -0.117. The number of hydrogen-bond donors (Lipinski definition) is 1. The summed E-state index contributed by atoms with van der Waals surface area (Å²) in [5.74, 6) is -1.27. The maximum absolute atomic E-state index is 13.6. The number of pyridine rings is 1. The van der Waals surface area contributed by atoms with Gasteiger partial charge in [-0.2, -0.15) is 0 Å². The number of aromatic nitrogens is 1. The van der Waals surface area contributed by atoms with Gasteiger partial charge in [-0.15, -0.1) is 0 Å². The topological polar surface area (TPSA) is 50.6 Å². The van der Waals surface area contributed by atoms with E-state index in [4.69, 9.17) is 11.6 Å². The molecular formula is C29H21ClN2O2. The number of rotatable bonds is 6. The summed E-state index contributed by atoms with van der Waals surface area (Å²) >= 11 is 6.07. The number of halogens is 1. The molecule has 0 spiro atoms. The molecule has 166 valence electrons. The Balaban J connectivity index is 1.55. The van der Waals surface area contributed by atoms with Crippen LogP contribution in [0.2, 0.25) is 5.02 Å². The monoisotopic (exact) mass is 464 g/mol. The van der Waals surface area contributed by atoms with Gasteiger partial charge in [0.25, 0.3) is 11.7 Å². The fourth-order valence-electron chi connectivity index (χ4n) is 4.16. The van der Waals surface area contributed by atoms with Crippen LogP contribution in [0.1, 0.15) is 27.7 Å². The molecule has 1 amide bonds. The van der Waals surface area contributed by atoms with E-state index >= 15 is 0 Å². The van der Waals surface area contributed by atoms with E-state index < -0.39 is 17.7 Å². The lowest BCUT2D eigenvalue weighted by Gasteiger charge is -2.19. The smallest absolute Gasteiger partial charge is 0.294 e. The first kappa shape index (κ1) is 21.7. The van der Waals surface area contributed by atoms with Crippen LogP contribution in [0.5, 0.6) is 0 Å². The molecule has 0 fully saturated rings. The predicted molar refractivity (Wildman–Crippen MR) is 135 cm³/mol. The highest BCUT2D eigenvalue weighted by atomic mass is 35.5. The Morgan fingerprint density at radius 1 is 0.735 bits per heavy atom. The summed E-state index contributed by atoms with van der Waals surface area (Å²) in [6, 6.07) is 33.6. The molecule has 0 aliphatic heterocycles. The van der Waals surface area contributed by atoms with E-state index in [1.54, 1.807) is 22.7 Å². The van der Waals surface area contributed by atoms with Gasteiger partial charge in [-0.05, 0) is 47.0 Å². The minimum absolute atomic E-state index is 0.315. The van der Waals surface area contributed by atoms with Gasteiger partial charge in [0.2, 0.25) is 0 Å². The van der Waals surface area contributed by atoms with Crippen molar-refractivity contribution >= 4 is 28.8 Å². The highest BCUT2D eigenvalue weighted by Crippen LogP contribution is 2.30. The number of carbonyl (C=O) groups is 2. The summed E-state index contributed by atoms with van der Waals surface area (Å²) < 4.78 is 1.76. The van der Waals surface area contributed by atoms with Gasteiger partial charge >= 0.3 is 0 Å². The second-order valence-electron chi connectivity index (χ2n) is 7.97. The highest BCUT2D eigenvalue weighted by Gasteiger charge is 2.27. The van der Waals surface area contributed by atoms with Crippen molar-refractivity contribution < 1.29 is 9.59 Å². The van der Waals surface area contributed by atoms with Crippen LogP contribution in [-0.4, -0.2) is 16.1 Å². The molecule has 0 aliphatic carbocycles. The summed E-state index contributed by atoms with van der Waals surface area (Å²) in [6.45, 7) is 0. The van der Waals surface area contributed by atoms with Crippen molar-refractivity contribution in [2.24, 2.45) is 0 Å². The van der Waals surface area contributed by atoms with Crippen LogP contribution < -0.4 is 5.32 Å². The van der Waals surface area contributed by atoms with Gasteiger partial charge in [0.1, 0.15) is 5.69 Å². The first-order valence-corrected chi connectivity index (χ1v) is 11.3. The van der Waals surface area contributed by atoms with Gasteiger partial charge in [-0.3, -0.25) is 9.59 Å². The maximum atomic E-state index is 13.6. The Hall–Kier alpha value is -4.15. The van der Waals surface area contributed by atoms with Crippen LogP contribution >= 0.6 is 11.6 Å². The predicted octanol–water partition coefficient (Wildman–Crippen LogP) is 6.35. The van der Waals surface area contributed by atoms with E-state index in [9.17, 15) is 9.59 Å². The zero-order chi connectivity index (χ0) is 23.5. The van der Waals surface area contributed by atoms with E-state index in [1.807, 2.05) is 97.1 Å². The van der Waals surface area contributed by atoms with Crippen LogP contribution in [0.15, 0.2) is 115 Å². The Morgan fingerprint density at radius 2 is 1.32 bits per heavy atom. The van der Waals surface area contributed by atoms with Crippen molar-refractivity contribution in [1.82, 2.24) is 9.72 Å². The van der Waals surface area contributed by atoms with Crippen LogP contribution in [-0.2, 0) is 4.79 Å². The number of fused-ring (bicyclic) bond motifs is 1. The average molecular weight is 465 g/mol. The molecule has 5 heteroatoms. The number of benzene rings is 3. The summed E-state index contributed by atoms with van der Waals surface area (Å²) in [5, 5.41) is 3.57. The minimum Gasteiger partial charge on any atom is -0.338 e. The minimum atomic E-state index is -0.670. The van der Waals surface area contributed by atoms with Crippen molar-refractivity contribution in [3.05, 3.63) is 137 Å². The average Bonchev–Trinajstić information content (AvgIpc) is 3.27. The van der Waals surface area contributed by atoms with Crippen LogP contribution in [0.25, 0.3) is 16.6 Å². The number of carbonyl (C=O) groups excluding carboxylic acids is 2. The summed E-state index contributed by atoms with van der Waals surface area (Å²) in [4.78, 5) is 27.0. The van der Waals surface area contributed by atoms with E-state index in [1.165, 1.54) is 0 Å². The van der Waals surface area contributed by atoms with Crippen molar-refractivity contribution in [3.63, 3.8) is 0 Å². The second kappa shape index (κ2) is 9.38. The van der Waals surface area contributed by atoms with Crippen molar-refractivity contribution in [1.29, 1.82) is 0 Å². The zero-order valence-corrected chi connectivity index (χ0v) is 18.9. The molecule has 4 nitrogen and oxygen atoms in total.